The van der Waals surface area contributed by atoms with E-state index in [4.69, 9.17) is 21.1 Å². The van der Waals surface area contributed by atoms with E-state index >= 15 is 0 Å². The molecule has 0 bridgehead atoms. The van der Waals surface area contributed by atoms with E-state index in [0.717, 1.165) is 0 Å². The van der Waals surface area contributed by atoms with Crippen LogP contribution >= 0.6 is 11.6 Å². The lowest BCUT2D eigenvalue weighted by molar-refractivity contribution is -0.285. The van der Waals surface area contributed by atoms with Gasteiger partial charge >= 0.3 is 0 Å². The summed E-state index contributed by atoms with van der Waals surface area (Å²) >= 11 is 5.48. The molecule has 0 spiro atoms. The van der Waals surface area contributed by atoms with E-state index in [2.05, 4.69) is 0 Å². The fourth-order valence-corrected chi connectivity index (χ4v) is 1.49. The van der Waals surface area contributed by atoms with E-state index in [1.54, 1.807) is 0 Å². The fraction of sp³-hybridized carbons (Fsp3) is 1.00. The van der Waals surface area contributed by atoms with Crippen molar-refractivity contribution >= 4 is 11.6 Å². The molecule has 0 aromatic carbocycles. The second-order valence-corrected chi connectivity index (χ2v) is 3.21. The second-order valence-electron chi connectivity index (χ2n) is 2.90. The van der Waals surface area contributed by atoms with Gasteiger partial charge in [-0.25, -0.2) is 0 Å². The Morgan fingerprint density at radius 3 is 2.31 bits per heavy atom. The number of aliphatic hydroxyl groups excluding tert-OH is 3. The highest BCUT2D eigenvalue weighted by atomic mass is 35.5. The Morgan fingerprint density at radius 1 is 1.23 bits per heavy atom. The van der Waals surface area contributed by atoms with E-state index in [1.807, 2.05) is 0 Å². The monoisotopic (exact) mass is 212 g/mol. The van der Waals surface area contributed by atoms with Crippen molar-refractivity contribution in [2.45, 2.75) is 30.7 Å². The zero-order valence-electron chi connectivity index (χ0n) is 7.13. The largest absolute Gasteiger partial charge is 0.388 e. The summed E-state index contributed by atoms with van der Waals surface area (Å²) in [5, 5.41) is 28.0. The lowest BCUT2D eigenvalue weighted by atomic mass is 10.00. The number of halogens is 1. The van der Waals surface area contributed by atoms with Gasteiger partial charge in [-0.2, -0.15) is 0 Å². The van der Waals surface area contributed by atoms with Crippen LogP contribution in [0.1, 0.15) is 0 Å². The first-order valence-corrected chi connectivity index (χ1v) is 4.43. The number of hydrogen-bond donors (Lipinski definition) is 3. The van der Waals surface area contributed by atoms with Crippen LogP contribution in [0.5, 0.6) is 0 Å². The predicted octanol–water partition coefficient (Wildman–Crippen LogP) is -1.32. The summed E-state index contributed by atoms with van der Waals surface area (Å²) in [6.07, 6.45) is -5.38. The van der Waals surface area contributed by atoms with Crippen LogP contribution in [-0.4, -0.2) is 59.0 Å². The van der Waals surface area contributed by atoms with E-state index in [1.165, 1.54) is 7.11 Å². The average molecular weight is 213 g/mol. The number of aliphatic hydroxyl groups is 3. The van der Waals surface area contributed by atoms with Crippen LogP contribution in [0.4, 0.5) is 0 Å². The first-order chi connectivity index (χ1) is 6.11. The summed E-state index contributed by atoms with van der Waals surface area (Å²) in [4.78, 5) is 0. The van der Waals surface area contributed by atoms with Crippen molar-refractivity contribution in [3.05, 3.63) is 0 Å². The molecular formula is C7H13ClO5. The minimum absolute atomic E-state index is 0.0325. The quantitative estimate of drug-likeness (QED) is 0.495. The summed E-state index contributed by atoms with van der Waals surface area (Å²) in [6.45, 7) is 0. The number of ether oxygens (including phenoxy) is 2. The van der Waals surface area contributed by atoms with Gasteiger partial charge < -0.3 is 24.8 Å². The van der Waals surface area contributed by atoms with Crippen molar-refractivity contribution in [3.8, 4) is 0 Å². The molecule has 1 fully saturated rings. The van der Waals surface area contributed by atoms with Gasteiger partial charge in [0.15, 0.2) is 6.29 Å². The van der Waals surface area contributed by atoms with Crippen LogP contribution in [-0.2, 0) is 9.47 Å². The molecule has 2 unspecified atom stereocenters. The van der Waals surface area contributed by atoms with Crippen molar-refractivity contribution in [1.82, 2.24) is 0 Å². The number of hydrogen-bond acceptors (Lipinski definition) is 5. The van der Waals surface area contributed by atoms with Gasteiger partial charge in [0.25, 0.3) is 0 Å². The molecule has 0 radical (unpaired) electrons. The van der Waals surface area contributed by atoms with Crippen LogP contribution in [0.25, 0.3) is 0 Å². The Hall–Kier alpha value is 0.0900. The molecule has 1 aliphatic rings. The van der Waals surface area contributed by atoms with Gasteiger partial charge in [0.2, 0.25) is 0 Å². The lowest BCUT2D eigenvalue weighted by Gasteiger charge is -2.38. The molecule has 1 rings (SSSR count). The number of alkyl halides is 1. The van der Waals surface area contributed by atoms with Crippen molar-refractivity contribution in [3.63, 3.8) is 0 Å². The molecule has 78 valence electrons. The molecule has 0 saturated carbocycles. The zero-order chi connectivity index (χ0) is 10.0. The Kier molecular flexibility index (Phi) is 3.90. The molecule has 5 atom stereocenters. The van der Waals surface area contributed by atoms with Crippen LogP contribution in [0, 0.1) is 0 Å². The summed E-state index contributed by atoms with van der Waals surface area (Å²) in [5.41, 5.74) is 0. The highest BCUT2D eigenvalue weighted by Gasteiger charge is 2.43. The van der Waals surface area contributed by atoms with E-state index < -0.39 is 30.7 Å². The third-order valence-electron chi connectivity index (χ3n) is 2.05. The standard InChI is InChI=1S/C7H13ClO5/c1-12-7-6(11)5(10)4(9)3(2-8)13-7/h3-7,9-11H,2H2,1H3/t3?,4-,5?,6+,7-/m1/s1. The van der Waals surface area contributed by atoms with Gasteiger partial charge in [0, 0.05) is 7.11 Å². The van der Waals surface area contributed by atoms with Crippen LogP contribution in [0.3, 0.4) is 0 Å². The molecule has 13 heavy (non-hydrogen) atoms. The molecule has 6 heteroatoms. The Morgan fingerprint density at radius 2 is 1.85 bits per heavy atom. The normalized spacial score (nSPS) is 46.4. The van der Waals surface area contributed by atoms with Gasteiger partial charge in [-0.05, 0) is 0 Å². The van der Waals surface area contributed by atoms with Crippen LogP contribution in [0.2, 0.25) is 0 Å². The van der Waals surface area contributed by atoms with Gasteiger partial charge in [0.05, 0.1) is 5.88 Å². The maximum absolute atomic E-state index is 9.35. The summed E-state index contributed by atoms with van der Waals surface area (Å²) in [6, 6.07) is 0. The molecule has 1 heterocycles. The first kappa shape index (κ1) is 11.2. The SMILES string of the molecule is CO[C@@H]1OC(CCl)[C@@H](O)C(O)[C@@H]1O. The van der Waals surface area contributed by atoms with E-state index in [-0.39, 0.29) is 5.88 Å². The minimum Gasteiger partial charge on any atom is -0.388 e. The van der Waals surface area contributed by atoms with Crippen molar-refractivity contribution in [1.29, 1.82) is 0 Å². The van der Waals surface area contributed by atoms with Gasteiger partial charge in [-0.3, -0.25) is 0 Å². The molecule has 0 aromatic rings. The zero-order valence-corrected chi connectivity index (χ0v) is 7.89. The van der Waals surface area contributed by atoms with Gasteiger partial charge in [0.1, 0.15) is 24.4 Å². The number of rotatable bonds is 2. The minimum atomic E-state index is -1.29. The Labute approximate surface area is 80.8 Å². The molecule has 1 aliphatic heterocycles. The predicted molar refractivity (Wildman–Crippen MR) is 44.4 cm³/mol. The molecule has 0 aliphatic carbocycles. The topological polar surface area (TPSA) is 79.2 Å². The van der Waals surface area contributed by atoms with Crippen molar-refractivity contribution in [2.75, 3.05) is 13.0 Å². The summed E-state index contributed by atoms with van der Waals surface area (Å²) in [5.74, 6) is 0.0325. The maximum Gasteiger partial charge on any atom is 0.186 e. The first-order valence-electron chi connectivity index (χ1n) is 3.90. The summed E-state index contributed by atoms with van der Waals surface area (Å²) in [7, 11) is 1.34. The molecule has 0 aromatic heterocycles. The van der Waals surface area contributed by atoms with Crippen molar-refractivity contribution in [2.24, 2.45) is 0 Å². The Bertz CT molecular complexity index is 147. The number of methoxy groups -OCH3 is 1. The smallest absolute Gasteiger partial charge is 0.186 e. The third-order valence-corrected chi connectivity index (χ3v) is 2.36. The van der Waals surface area contributed by atoms with Crippen molar-refractivity contribution < 1.29 is 24.8 Å². The fourth-order valence-electron chi connectivity index (χ4n) is 1.24. The van der Waals surface area contributed by atoms with Crippen LogP contribution in [0.15, 0.2) is 0 Å². The highest BCUT2D eigenvalue weighted by Crippen LogP contribution is 2.22. The highest BCUT2D eigenvalue weighted by molar-refractivity contribution is 6.18. The molecule has 0 amide bonds. The van der Waals surface area contributed by atoms with E-state index in [0.29, 0.717) is 0 Å². The second kappa shape index (κ2) is 4.54. The third kappa shape index (κ3) is 2.12. The maximum atomic E-state index is 9.35. The average Bonchev–Trinajstić information content (AvgIpc) is 2.15. The van der Waals surface area contributed by atoms with Crippen LogP contribution < -0.4 is 0 Å². The van der Waals surface area contributed by atoms with Gasteiger partial charge in [-0.1, -0.05) is 0 Å². The molecule has 1 saturated heterocycles. The lowest BCUT2D eigenvalue weighted by Crippen LogP contribution is -2.58. The van der Waals surface area contributed by atoms with Gasteiger partial charge in [-0.15, -0.1) is 11.6 Å². The molecule has 3 N–H and O–H groups in total. The molecule has 5 nitrogen and oxygen atoms in total. The van der Waals surface area contributed by atoms with E-state index in [9.17, 15) is 15.3 Å². The molecular weight excluding hydrogens is 200 g/mol. The Balaban J connectivity index is 2.66. The summed E-state index contributed by atoms with van der Waals surface area (Å²) < 4.78 is 9.82.